The summed E-state index contributed by atoms with van der Waals surface area (Å²) in [5.41, 5.74) is 1.24. The molecule has 1 aromatic heterocycles. The summed E-state index contributed by atoms with van der Waals surface area (Å²) in [5, 5.41) is 5.96. The summed E-state index contributed by atoms with van der Waals surface area (Å²) >= 11 is 5.72. The second kappa shape index (κ2) is 5.43. The Morgan fingerprint density at radius 3 is 2.73 bits per heavy atom. The molecular formula is C15H15ClF2N4. The number of hydrazone groups is 1. The van der Waals surface area contributed by atoms with Crippen LogP contribution in [0.1, 0.15) is 19.5 Å². The average molecular weight is 325 g/mol. The number of hydrogen-bond acceptors (Lipinski definition) is 4. The van der Waals surface area contributed by atoms with Gasteiger partial charge in [0.2, 0.25) is 5.28 Å². The number of likely N-dealkylation sites (N-methyl/N-ethyl adjacent to an activating group) is 1. The Balaban J connectivity index is 2.08. The van der Waals surface area contributed by atoms with E-state index >= 15 is 0 Å². The Morgan fingerprint density at radius 2 is 2.05 bits per heavy atom. The van der Waals surface area contributed by atoms with Gasteiger partial charge in [-0.05, 0) is 23.6 Å². The minimum atomic E-state index is -0.632. The summed E-state index contributed by atoms with van der Waals surface area (Å²) in [6.45, 7) is 4.00. The van der Waals surface area contributed by atoms with Gasteiger partial charge in [-0.25, -0.2) is 18.7 Å². The molecule has 0 saturated heterocycles. The van der Waals surface area contributed by atoms with Crippen molar-refractivity contribution >= 4 is 22.9 Å². The highest BCUT2D eigenvalue weighted by molar-refractivity contribution is 6.28. The van der Waals surface area contributed by atoms with Crippen LogP contribution in [0.4, 0.5) is 8.78 Å². The first-order valence-corrected chi connectivity index (χ1v) is 7.35. The van der Waals surface area contributed by atoms with Gasteiger partial charge >= 0.3 is 0 Å². The predicted molar refractivity (Wildman–Crippen MR) is 81.5 cm³/mol. The van der Waals surface area contributed by atoms with Crippen molar-refractivity contribution in [2.75, 3.05) is 7.05 Å². The van der Waals surface area contributed by atoms with E-state index in [9.17, 15) is 8.78 Å². The number of halogens is 3. The minimum absolute atomic E-state index is 0.00580. The Morgan fingerprint density at radius 1 is 1.32 bits per heavy atom. The Labute approximate surface area is 132 Å². The lowest BCUT2D eigenvalue weighted by Crippen LogP contribution is -2.33. The molecule has 1 aromatic rings. The fourth-order valence-electron chi connectivity index (χ4n) is 2.90. The molecule has 0 N–H and O–H groups in total. The van der Waals surface area contributed by atoms with Crippen LogP contribution >= 0.6 is 11.6 Å². The van der Waals surface area contributed by atoms with E-state index in [1.807, 2.05) is 13.8 Å². The third-order valence-corrected chi connectivity index (χ3v) is 4.05. The van der Waals surface area contributed by atoms with Crippen LogP contribution in [0.15, 0.2) is 29.3 Å². The van der Waals surface area contributed by atoms with Gasteiger partial charge in [-0.15, -0.1) is 0 Å². The average Bonchev–Trinajstić information content (AvgIpc) is 2.79. The number of hydrogen-bond donors (Lipinski definition) is 0. The van der Waals surface area contributed by atoms with Crippen molar-refractivity contribution in [2.24, 2.45) is 16.9 Å². The van der Waals surface area contributed by atoms with Gasteiger partial charge < -0.3 is 0 Å². The quantitative estimate of drug-likeness (QED) is 0.782. The van der Waals surface area contributed by atoms with Crippen molar-refractivity contribution in [2.45, 2.75) is 19.9 Å². The van der Waals surface area contributed by atoms with Crippen LogP contribution in [0.2, 0.25) is 5.28 Å². The summed E-state index contributed by atoms with van der Waals surface area (Å²) in [5.74, 6) is -1.07. The van der Waals surface area contributed by atoms with E-state index in [1.54, 1.807) is 18.1 Å². The summed E-state index contributed by atoms with van der Waals surface area (Å²) in [6, 6.07) is -0.471. The molecule has 7 heteroatoms. The molecule has 22 heavy (non-hydrogen) atoms. The van der Waals surface area contributed by atoms with Crippen molar-refractivity contribution in [1.82, 2.24) is 15.0 Å². The molecule has 0 amide bonds. The molecule has 2 atom stereocenters. The van der Waals surface area contributed by atoms with Gasteiger partial charge in [0.1, 0.15) is 17.6 Å². The zero-order valence-electron chi connectivity index (χ0n) is 12.4. The molecule has 2 unspecified atom stereocenters. The van der Waals surface area contributed by atoms with Gasteiger partial charge in [-0.1, -0.05) is 19.9 Å². The molecule has 116 valence electrons. The second-order valence-corrected chi connectivity index (χ2v) is 6.05. The Hall–Kier alpha value is -1.82. The van der Waals surface area contributed by atoms with Gasteiger partial charge in [0, 0.05) is 18.5 Å². The van der Waals surface area contributed by atoms with Gasteiger partial charge in [-0.2, -0.15) is 5.10 Å². The highest BCUT2D eigenvalue weighted by Gasteiger charge is 2.40. The van der Waals surface area contributed by atoms with E-state index < -0.39 is 11.9 Å². The molecule has 0 fully saturated rings. The Bertz CT molecular complexity index is 711. The van der Waals surface area contributed by atoms with E-state index in [1.165, 1.54) is 6.08 Å². The van der Waals surface area contributed by atoms with Crippen LogP contribution in [0.3, 0.4) is 0 Å². The topological polar surface area (TPSA) is 41.4 Å². The lowest BCUT2D eigenvalue weighted by molar-refractivity contribution is 0.261. The number of rotatable bonds is 2. The van der Waals surface area contributed by atoms with Crippen LogP contribution in [0.25, 0.3) is 5.57 Å². The monoisotopic (exact) mass is 324 g/mol. The molecule has 3 rings (SSSR count). The molecule has 1 aliphatic heterocycles. The largest absolute Gasteiger partial charge is 0.289 e. The lowest BCUT2D eigenvalue weighted by atomic mass is 9.83. The summed E-state index contributed by atoms with van der Waals surface area (Å²) in [4.78, 5) is 7.46. The minimum Gasteiger partial charge on any atom is -0.289 e. The van der Waals surface area contributed by atoms with E-state index in [0.717, 1.165) is 11.9 Å². The summed E-state index contributed by atoms with van der Waals surface area (Å²) in [7, 11) is 1.74. The maximum atomic E-state index is 14.5. The van der Waals surface area contributed by atoms with Crippen LogP contribution in [0, 0.1) is 17.7 Å². The summed E-state index contributed by atoms with van der Waals surface area (Å²) < 4.78 is 28.4. The molecular weight excluding hydrogens is 310 g/mol. The van der Waals surface area contributed by atoms with Gasteiger partial charge in [0.25, 0.3) is 0 Å². The smallest absolute Gasteiger partial charge is 0.223 e. The highest BCUT2D eigenvalue weighted by Crippen LogP contribution is 2.38. The highest BCUT2D eigenvalue weighted by atomic mass is 35.5. The first-order valence-electron chi connectivity index (χ1n) is 6.97. The Kier molecular flexibility index (Phi) is 3.72. The summed E-state index contributed by atoms with van der Waals surface area (Å²) in [6.07, 6.45) is 4.08. The van der Waals surface area contributed by atoms with Crippen molar-refractivity contribution in [3.8, 4) is 0 Å². The molecule has 2 heterocycles. The zero-order valence-corrected chi connectivity index (χ0v) is 13.1. The van der Waals surface area contributed by atoms with E-state index in [0.29, 0.717) is 5.57 Å². The van der Waals surface area contributed by atoms with Crippen molar-refractivity contribution in [3.05, 3.63) is 41.0 Å². The SMILES string of the molecule is CC(C)C1=NN(C)C2C(F)=CC(c3nc(Cl)ncc3F)=CC12. The van der Waals surface area contributed by atoms with E-state index in [2.05, 4.69) is 15.1 Å². The van der Waals surface area contributed by atoms with Crippen LogP contribution < -0.4 is 0 Å². The maximum Gasteiger partial charge on any atom is 0.223 e. The first kappa shape index (κ1) is 15.1. The number of nitrogens with zero attached hydrogens (tertiary/aromatic N) is 4. The fourth-order valence-corrected chi connectivity index (χ4v) is 3.04. The van der Waals surface area contributed by atoms with Crippen molar-refractivity contribution in [3.63, 3.8) is 0 Å². The first-order chi connectivity index (χ1) is 10.4. The molecule has 4 nitrogen and oxygen atoms in total. The standard InChI is InChI=1S/C15H15ClF2N4/c1-7(2)12-9-4-8(5-10(17)14(9)22(3)21-12)13-11(18)6-19-15(16)20-13/h4-7,9,14H,1-3H3. The third kappa shape index (κ3) is 2.41. The maximum absolute atomic E-state index is 14.5. The fraction of sp³-hybridized carbons (Fsp3) is 0.400. The second-order valence-electron chi connectivity index (χ2n) is 5.71. The predicted octanol–water partition coefficient (Wildman–Crippen LogP) is 3.46. The van der Waals surface area contributed by atoms with Crippen LogP contribution in [0.5, 0.6) is 0 Å². The number of allylic oxidation sites excluding steroid dienone is 2. The zero-order chi connectivity index (χ0) is 16.0. The molecule has 1 aliphatic carbocycles. The normalized spacial score (nSPS) is 24.1. The van der Waals surface area contributed by atoms with Crippen LogP contribution in [-0.4, -0.2) is 33.8 Å². The van der Waals surface area contributed by atoms with Crippen molar-refractivity contribution < 1.29 is 8.78 Å². The molecule has 0 aromatic carbocycles. The van der Waals surface area contributed by atoms with Crippen LogP contribution in [-0.2, 0) is 0 Å². The molecule has 0 saturated carbocycles. The van der Waals surface area contributed by atoms with E-state index in [4.69, 9.17) is 11.6 Å². The third-order valence-electron chi connectivity index (χ3n) is 3.87. The molecule has 0 radical (unpaired) electrons. The van der Waals surface area contributed by atoms with E-state index in [-0.39, 0.29) is 28.6 Å². The number of fused-ring (bicyclic) bond motifs is 1. The molecule has 2 aliphatic rings. The molecule has 0 bridgehead atoms. The van der Waals surface area contributed by atoms with Crippen molar-refractivity contribution in [1.29, 1.82) is 0 Å². The molecule has 0 spiro atoms. The number of aromatic nitrogens is 2. The van der Waals surface area contributed by atoms with Gasteiger partial charge in [-0.3, -0.25) is 5.01 Å². The lowest BCUT2D eigenvalue weighted by Gasteiger charge is -2.26. The van der Waals surface area contributed by atoms with Gasteiger partial charge in [0.05, 0.1) is 11.9 Å². The van der Waals surface area contributed by atoms with Gasteiger partial charge in [0.15, 0.2) is 5.82 Å².